The fraction of sp³-hybridized carbons (Fsp3) is 0.250. The number of halogens is 2. The molecule has 1 aromatic carbocycles. The second kappa shape index (κ2) is 8.54. The third-order valence-electron chi connectivity index (χ3n) is 3.61. The quantitative estimate of drug-likeness (QED) is 0.677. The smallest absolute Gasteiger partial charge is 0.278 e. The molecular weight excluding hydrogens is 361 g/mol. The lowest BCUT2D eigenvalue weighted by Crippen LogP contribution is -2.17. The highest BCUT2D eigenvalue weighted by Gasteiger charge is 2.16. The molecule has 3 aromatic rings. The van der Waals surface area contributed by atoms with E-state index < -0.39 is 5.91 Å². The summed E-state index contributed by atoms with van der Waals surface area (Å²) in [7, 11) is 0. The minimum atomic E-state index is -0.396. The molecule has 0 saturated carbocycles. The second-order valence-electron chi connectivity index (χ2n) is 5.57. The Morgan fingerprint density at radius 2 is 2.19 bits per heavy atom. The molecule has 0 aliphatic rings. The lowest BCUT2D eigenvalue weighted by atomic mass is 10.2. The van der Waals surface area contributed by atoms with Crippen LogP contribution in [0.2, 0.25) is 0 Å². The van der Waals surface area contributed by atoms with Gasteiger partial charge in [-0.25, -0.2) is 9.07 Å². The molecule has 0 fully saturated rings. The highest BCUT2D eigenvalue weighted by molar-refractivity contribution is 6.02. The van der Waals surface area contributed by atoms with Gasteiger partial charge in [-0.15, -0.1) is 17.5 Å². The van der Waals surface area contributed by atoms with E-state index in [1.165, 1.54) is 23.0 Å². The van der Waals surface area contributed by atoms with Gasteiger partial charge in [0, 0.05) is 12.1 Å². The van der Waals surface area contributed by atoms with Crippen LogP contribution in [-0.4, -0.2) is 37.2 Å². The van der Waals surface area contributed by atoms with Crippen molar-refractivity contribution < 1.29 is 9.18 Å². The molecule has 0 spiro atoms. The maximum atomic E-state index is 13.3. The Hall–Kier alpha value is -2.78. The van der Waals surface area contributed by atoms with E-state index in [4.69, 9.17) is 5.73 Å². The molecule has 0 atom stereocenters. The number of aryl methyl sites for hydroxylation is 1. The maximum Gasteiger partial charge on any atom is 0.278 e. The molecule has 1 amide bonds. The van der Waals surface area contributed by atoms with E-state index in [0.29, 0.717) is 25.5 Å². The van der Waals surface area contributed by atoms with Crippen molar-refractivity contribution in [3.05, 3.63) is 59.3 Å². The minimum Gasteiger partial charge on any atom is -0.329 e. The van der Waals surface area contributed by atoms with E-state index >= 15 is 0 Å². The van der Waals surface area contributed by atoms with E-state index in [1.807, 2.05) is 6.92 Å². The summed E-state index contributed by atoms with van der Waals surface area (Å²) in [6.45, 7) is 3.05. The van der Waals surface area contributed by atoms with Crippen molar-refractivity contribution in [1.82, 2.24) is 24.8 Å². The minimum absolute atomic E-state index is 0. The van der Waals surface area contributed by atoms with E-state index in [9.17, 15) is 9.18 Å². The van der Waals surface area contributed by atoms with Gasteiger partial charge >= 0.3 is 0 Å². The predicted molar refractivity (Wildman–Crippen MR) is 96.7 cm³/mol. The van der Waals surface area contributed by atoms with Crippen LogP contribution in [0.3, 0.4) is 0 Å². The van der Waals surface area contributed by atoms with Gasteiger partial charge < -0.3 is 11.1 Å². The molecule has 138 valence electrons. The molecule has 26 heavy (non-hydrogen) atoms. The van der Waals surface area contributed by atoms with Crippen molar-refractivity contribution in [1.29, 1.82) is 0 Å². The number of nitrogens with zero attached hydrogens (tertiary/aromatic N) is 5. The van der Waals surface area contributed by atoms with Crippen molar-refractivity contribution >= 4 is 24.1 Å². The third kappa shape index (κ3) is 4.44. The average Bonchev–Trinajstić information content (AvgIpc) is 3.17. The Bertz CT molecular complexity index is 892. The second-order valence-corrected chi connectivity index (χ2v) is 5.57. The molecule has 8 nitrogen and oxygen atoms in total. The summed E-state index contributed by atoms with van der Waals surface area (Å²) in [5.41, 5.74) is 7.17. The van der Waals surface area contributed by atoms with Gasteiger partial charge in [-0.05, 0) is 24.6 Å². The number of carbonyl (C=O) groups excluding carboxylic acids is 1. The Morgan fingerprint density at radius 1 is 1.38 bits per heavy atom. The van der Waals surface area contributed by atoms with Gasteiger partial charge in [0.05, 0.1) is 25.5 Å². The topological polar surface area (TPSA) is 104 Å². The molecule has 0 bridgehead atoms. The molecule has 2 heterocycles. The summed E-state index contributed by atoms with van der Waals surface area (Å²) in [4.78, 5) is 12.4. The molecule has 0 saturated heterocycles. The SMILES string of the molecule is Cc1cnn(Cc2cccc(F)c2)c1NC(=O)c1cn(CCN)nn1.Cl. The van der Waals surface area contributed by atoms with Crippen LogP contribution in [-0.2, 0) is 13.1 Å². The zero-order valence-corrected chi connectivity index (χ0v) is 14.9. The van der Waals surface area contributed by atoms with E-state index in [0.717, 1.165) is 11.1 Å². The van der Waals surface area contributed by atoms with Crippen LogP contribution in [0.15, 0.2) is 36.7 Å². The lowest BCUT2D eigenvalue weighted by Gasteiger charge is -2.09. The van der Waals surface area contributed by atoms with Gasteiger partial charge in [0.1, 0.15) is 11.6 Å². The molecule has 0 aliphatic carbocycles. The van der Waals surface area contributed by atoms with Crippen molar-refractivity contribution in [2.75, 3.05) is 11.9 Å². The summed E-state index contributed by atoms with van der Waals surface area (Å²) < 4.78 is 16.5. The number of hydrogen-bond donors (Lipinski definition) is 2. The monoisotopic (exact) mass is 379 g/mol. The van der Waals surface area contributed by atoms with E-state index in [-0.39, 0.29) is 23.9 Å². The number of benzene rings is 1. The van der Waals surface area contributed by atoms with Crippen LogP contribution in [0, 0.1) is 12.7 Å². The summed E-state index contributed by atoms with van der Waals surface area (Å²) in [6.07, 6.45) is 3.17. The number of rotatable bonds is 6. The van der Waals surface area contributed by atoms with Gasteiger partial charge in [-0.2, -0.15) is 5.10 Å². The van der Waals surface area contributed by atoms with Gasteiger partial charge in [-0.1, -0.05) is 17.3 Å². The number of carbonyl (C=O) groups is 1. The number of nitrogens with one attached hydrogen (secondary N) is 1. The summed E-state index contributed by atoms with van der Waals surface area (Å²) in [5.74, 6) is -0.182. The molecule has 10 heteroatoms. The molecular formula is C16H19ClFN7O. The Labute approximate surface area is 155 Å². The Kier molecular flexibility index (Phi) is 6.42. The lowest BCUT2D eigenvalue weighted by molar-refractivity contribution is 0.102. The van der Waals surface area contributed by atoms with Crippen LogP contribution in [0.5, 0.6) is 0 Å². The van der Waals surface area contributed by atoms with Gasteiger partial charge in [0.15, 0.2) is 5.69 Å². The van der Waals surface area contributed by atoms with Crippen LogP contribution in [0.4, 0.5) is 10.2 Å². The highest BCUT2D eigenvalue weighted by atomic mass is 35.5. The molecule has 0 aliphatic heterocycles. The van der Waals surface area contributed by atoms with Crippen molar-refractivity contribution in [3.63, 3.8) is 0 Å². The fourth-order valence-electron chi connectivity index (χ4n) is 2.39. The number of aromatic nitrogens is 5. The van der Waals surface area contributed by atoms with Gasteiger partial charge in [-0.3, -0.25) is 9.48 Å². The molecule has 2 aromatic heterocycles. The zero-order valence-electron chi connectivity index (χ0n) is 14.1. The van der Waals surface area contributed by atoms with E-state index in [2.05, 4.69) is 20.7 Å². The first-order valence-corrected chi connectivity index (χ1v) is 7.75. The third-order valence-corrected chi connectivity index (χ3v) is 3.61. The predicted octanol–water partition coefficient (Wildman–Crippen LogP) is 1.60. The largest absolute Gasteiger partial charge is 0.329 e. The fourth-order valence-corrected chi connectivity index (χ4v) is 2.39. The number of anilines is 1. The first-order chi connectivity index (χ1) is 12.1. The zero-order chi connectivity index (χ0) is 17.8. The normalized spacial score (nSPS) is 10.4. The molecule has 0 unspecified atom stereocenters. The highest BCUT2D eigenvalue weighted by Crippen LogP contribution is 2.17. The van der Waals surface area contributed by atoms with E-state index in [1.54, 1.807) is 23.0 Å². The first-order valence-electron chi connectivity index (χ1n) is 7.75. The van der Waals surface area contributed by atoms with Crippen LogP contribution in [0.1, 0.15) is 21.6 Å². The standard InChI is InChI=1S/C16H18FN7O.ClH/c1-11-8-19-24(9-12-3-2-4-13(17)7-12)15(11)20-16(25)14-10-23(6-5-18)22-21-14;/h2-4,7-8,10H,5-6,9,18H2,1H3,(H,20,25);1H. The molecule has 3 rings (SSSR count). The summed E-state index contributed by atoms with van der Waals surface area (Å²) in [5, 5.41) is 14.7. The molecule has 0 radical (unpaired) electrons. The summed E-state index contributed by atoms with van der Waals surface area (Å²) in [6, 6.07) is 6.24. The van der Waals surface area contributed by atoms with Crippen LogP contribution >= 0.6 is 12.4 Å². The molecule has 3 N–H and O–H groups in total. The van der Waals surface area contributed by atoms with Crippen molar-refractivity contribution in [2.45, 2.75) is 20.0 Å². The van der Waals surface area contributed by atoms with Crippen molar-refractivity contribution in [2.24, 2.45) is 5.73 Å². The Balaban J connectivity index is 0.00000243. The van der Waals surface area contributed by atoms with Crippen LogP contribution in [0.25, 0.3) is 0 Å². The first kappa shape index (κ1) is 19.5. The number of amides is 1. The number of nitrogens with two attached hydrogens (primary N) is 1. The van der Waals surface area contributed by atoms with Crippen molar-refractivity contribution in [3.8, 4) is 0 Å². The van der Waals surface area contributed by atoms with Crippen LogP contribution < -0.4 is 11.1 Å². The average molecular weight is 380 g/mol. The number of hydrogen-bond acceptors (Lipinski definition) is 5. The van der Waals surface area contributed by atoms with Gasteiger partial charge in [0.2, 0.25) is 0 Å². The van der Waals surface area contributed by atoms with Gasteiger partial charge in [0.25, 0.3) is 5.91 Å². The Morgan fingerprint density at radius 3 is 2.92 bits per heavy atom. The summed E-state index contributed by atoms with van der Waals surface area (Å²) >= 11 is 0. The maximum absolute atomic E-state index is 13.3.